The lowest BCUT2D eigenvalue weighted by Gasteiger charge is -2.09. The van der Waals surface area contributed by atoms with Crippen molar-refractivity contribution in [2.45, 2.75) is 6.61 Å². The molecule has 0 unspecified atom stereocenters. The fourth-order valence-electron chi connectivity index (χ4n) is 1.43. The summed E-state index contributed by atoms with van der Waals surface area (Å²) >= 11 is 10.7. The molecule has 0 fully saturated rings. The van der Waals surface area contributed by atoms with Crippen LogP contribution in [0.25, 0.3) is 0 Å². The minimum absolute atomic E-state index is 0.272. The first kappa shape index (κ1) is 12.8. The van der Waals surface area contributed by atoms with Crippen LogP contribution in [0.3, 0.4) is 0 Å². The lowest BCUT2D eigenvalue weighted by molar-refractivity contribution is 0.293. The summed E-state index contributed by atoms with van der Waals surface area (Å²) in [5.41, 5.74) is 7.24. The molecule has 5 heteroatoms. The van der Waals surface area contributed by atoms with E-state index in [0.29, 0.717) is 23.1 Å². The summed E-state index contributed by atoms with van der Waals surface area (Å²) in [5, 5.41) is 0.695. The zero-order chi connectivity index (χ0) is 13.0. The molecule has 2 aromatic rings. The second-order valence-electron chi connectivity index (χ2n) is 3.64. The van der Waals surface area contributed by atoms with E-state index in [2.05, 4.69) is 4.98 Å². The molecule has 0 aliphatic heterocycles. The number of hydrogen-bond donors (Lipinski definition) is 1. The van der Waals surface area contributed by atoms with Crippen LogP contribution >= 0.6 is 23.8 Å². The van der Waals surface area contributed by atoms with E-state index in [9.17, 15) is 0 Å². The minimum atomic E-state index is 0.272. The van der Waals surface area contributed by atoms with Crippen molar-refractivity contribution in [1.29, 1.82) is 0 Å². The number of pyridine rings is 1. The highest BCUT2D eigenvalue weighted by molar-refractivity contribution is 7.80. The van der Waals surface area contributed by atoms with Crippen LogP contribution in [0.5, 0.6) is 5.88 Å². The number of rotatable bonds is 4. The Kier molecular flexibility index (Phi) is 4.12. The quantitative estimate of drug-likeness (QED) is 0.874. The molecule has 2 N–H and O–H groups in total. The fourth-order valence-corrected chi connectivity index (χ4v) is 1.71. The van der Waals surface area contributed by atoms with E-state index < -0.39 is 0 Å². The number of ether oxygens (including phenoxy) is 1. The Balaban J connectivity index is 2.10. The van der Waals surface area contributed by atoms with Gasteiger partial charge in [0, 0.05) is 11.2 Å². The molecule has 0 saturated carbocycles. The molecule has 3 nitrogen and oxygen atoms in total. The van der Waals surface area contributed by atoms with Gasteiger partial charge >= 0.3 is 0 Å². The molecule has 0 aliphatic carbocycles. The first-order chi connectivity index (χ1) is 8.66. The summed E-state index contributed by atoms with van der Waals surface area (Å²) < 4.78 is 5.60. The van der Waals surface area contributed by atoms with Crippen LogP contribution in [0.15, 0.2) is 42.6 Å². The minimum Gasteiger partial charge on any atom is -0.472 e. The average Bonchev–Trinajstić information content (AvgIpc) is 2.38. The smallest absolute Gasteiger partial charge is 0.224 e. The summed E-state index contributed by atoms with van der Waals surface area (Å²) in [6.07, 6.45) is 1.64. The summed E-state index contributed by atoms with van der Waals surface area (Å²) in [7, 11) is 0. The molecule has 0 bridgehead atoms. The lowest BCUT2D eigenvalue weighted by Crippen LogP contribution is -2.12. The number of halogens is 1. The van der Waals surface area contributed by atoms with E-state index in [1.165, 1.54) is 0 Å². The third-order valence-electron chi connectivity index (χ3n) is 2.33. The number of nitrogens with zero attached hydrogens (tertiary/aromatic N) is 1. The number of hydrogen-bond acceptors (Lipinski definition) is 3. The third kappa shape index (κ3) is 3.18. The van der Waals surface area contributed by atoms with Gasteiger partial charge in [0.05, 0.1) is 5.56 Å². The largest absolute Gasteiger partial charge is 0.472 e. The Morgan fingerprint density at radius 2 is 2.00 bits per heavy atom. The number of nitrogens with two attached hydrogens (primary N) is 1. The third-order valence-corrected chi connectivity index (χ3v) is 2.80. The van der Waals surface area contributed by atoms with Gasteiger partial charge in [-0.05, 0) is 29.8 Å². The molecule has 92 valence electrons. The highest BCUT2D eigenvalue weighted by Crippen LogP contribution is 2.16. The van der Waals surface area contributed by atoms with E-state index in [-0.39, 0.29) is 4.99 Å². The number of aromatic nitrogens is 1. The zero-order valence-electron chi connectivity index (χ0n) is 9.47. The van der Waals surface area contributed by atoms with Gasteiger partial charge in [0.2, 0.25) is 5.88 Å². The zero-order valence-corrected chi connectivity index (χ0v) is 11.0. The van der Waals surface area contributed by atoms with Crippen LogP contribution in [0.1, 0.15) is 11.1 Å². The number of benzene rings is 1. The number of thiocarbonyl (C=S) groups is 1. The molecule has 1 aromatic heterocycles. The molecule has 18 heavy (non-hydrogen) atoms. The van der Waals surface area contributed by atoms with Crippen LogP contribution in [-0.4, -0.2) is 9.97 Å². The van der Waals surface area contributed by atoms with Crippen molar-refractivity contribution in [2.75, 3.05) is 0 Å². The summed E-state index contributed by atoms with van der Waals surface area (Å²) in [6, 6.07) is 11.0. The van der Waals surface area contributed by atoms with Gasteiger partial charge in [-0.2, -0.15) is 0 Å². The summed E-state index contributed by atoms with van der Waals surface area (Å²) in [6.45, 7) is 0.393. The highest BCUT2D eigenvalue weighted by Gasteiger charge is 2.07. The summed E-state index contributed by atoms with van der Waals surface area (Å²) in [4.78, 5) is 4.39. The Morgan fingerprint density at radius 3 is 2.67 bits per heavy atom. The van der Waals surface area contributed by atoms with Crippen molar-refractivity contribution in [1.82, 2.24) is 4.98 Å². The molecular formula is C13H11ClN2OS. The van der Waals surface area contributed by atoms with Gasteiger partial charge in [0.15, 0.2) is 0 Å². The molecule has 2 rings (SSSR count). The second-order valence-corrected chi connectivity index (χ2v) is 4.51. The average molecular weight is 279 g/mol. The van der Waals surface area contributed by atoms with Gasteiger partial charge in [-0.1, -0.05) is 36.0 Å². The van der Waals surface area contributed by atoms with Crippen molar-refractivity contribution in [3.8, 4) is 5.88 Å². The van der Waals surface area contributed by atoms with Gasteiger partial charge < -0.3 is 10.5 Å². The second kappa shape index (κ2) is 5.80. The Morgan fingerprint density at radius 1 is 1.28 bits per heavy atom. The van der Waals surface area contributed by atoms with Crippen LogP contribution in [0.2, 0.25) is 5.02 Å². The van der Waals surface area contributed by atoms with E-state index in [1.807, 2.05) is 24.3 Å². The molecule has 0 spiro atoms. The molecule has 0 radical (unpaired) electrons. The molecule has 1 heterocycles. The SMILES string of the molecule is NC(=S)c1cccnc1OCc1ccc(Cl)cc1. The van der Waals surface area contributed by atoms with E-state index in [1.54, 1.807) is 18.3 Å². The van der Waals surface area contributed by atoms with Crippen molar-refractivity contribution in [3.05, 3.63) is 58.7 Å². The standard InChI is InChI=1S/C13H11ClN2OS/c14-10-5-3-9(4-6-10)8-17-13-11(12(15)18)2-1-7-16-13/h1-7H,8H2,(H2,15,18). The molecule has 1 aromatic carbocycles. The van der Waals surface area contributed by atoms with Crippen LogP contribution in [0, 0.1) is 0 Å². The van der Waals surface area contributed by atoms with Gasteiger partial charge in [-0.15, -0.1) is 0 Å². The predicted molar refractivity (Wildman–Crippen MR) is 75.9 cm³/mol. The van der Waals surface area contributed by atoms with Gasteiger partial charge in [-0.25, -0.2) is 4.98 Å². The van der Waals surface area contributed by atoms with Crippen molar-refractivity contribution in [2.24, 2.45) is 5.73 Å². The Hall–Kier alpha value is -1.65. The van der Waals surface area contributed by atoms with Crippen LogP contribution in [-0.2, 0) is 6.61 Å². The molecular weight excluding hydrogens is 268 g/mol. The van der Waals surface area contributed by atoms with Crippen molar-refractivity contribution in [3.63, 3.8) is 0 Å². The highest BCUT2D eigenvalue weighted by atomic mass is 35.5. The maximum atomic E-state index is 5.81. The van der Waals surface area contributed by atoms with Gasteiger partial charge in [-0.3, -0.25) is 0 Å². The van der Waals surface area contributed by atoms with Gasteiger partial charge in [0.1, 0.15) is 11.6 Å². The van der Waals surface area contributed by atoms with E-state index >= 15 is 0 Å². The molecule has 0 amide bonds. The summed E-state index contributed by atoms with van der Waals surface area (Å²) in [5.74, 6) is 0.444. The predicted octanol–water partition coefficient (Wildman–Crippen LogP) is 2.95. The molecule has 0 aliphatic rings. The monoisotopic (exact) mass is 278 g/mol. The van der Waals surface area contributed by atoms with Crippen LogP contribution in [0.4, 0.5) is 0 Å². The maximum absolute atomic E-state index is 5.81. The fraction of sp³-hybridized carbons (Fsp3) is 0.0769. The Bertz CT molecular complexity index is 557. The first-order valence-electron chi connectivity index (χ1n) is 5.29. The molecule has 0 atom stereocenters. The Labute approximate surface area is 116 Å². The van der Waals surface area contributed by atoms with Crippen molar-refractivity contribution < 1.29 is 4.74 Å². The van der Waals surface area contributed by atoms with Gasteiger partial charge in [0.25, 0.3) is 0 Å². The maximum Gasteiger partial charge on any atom is 0.224 e. The topological polar surface area (TPSA) is 48.1 Å². The van der Waals surface area contributed by atoms with Crippen molar-refractivity contribution >= 4 is 28.8 Å². The van der Waals surface area contributed by atoms with E-state index in [0.717, 1.165) is 5.56 Å². The normalized spacial score (nSPS) is 10.1. The molecule has 0 saturated heterocycles. The van der Waals surface area contributed by atoms with Crippen LogP contribution < -0.4 is 10.5 Å². The lowest BCUT2D eigenvalue weighted by atomic mass is 10.2. The first-order valence-corrected chi connectivity index (χ1v) is 6.07. The van der Waals surface area contributed by atoms with E-state index in [4.69, 9.17) is 34.3 Å².